The summed E-state index contributed by atoms with van der Waals surface area (Å²) in [5.74, 6) is 0.883. The summed E-state index contributed by atoms with van der Waals surface area (Å²) >= 11 is 0. The Morgan fingerprint density at radius 2 is 1.95 bits per heavy atom. The third-order valence-electron chi connectivity index (χ3n) is 4.34. The maximum absolute atomic E-state index is 3.66. The summed E-state index contributed by atoms with van der Waals surface area (Å²) in [5, 5.41) is 3.66. The lowest BCUT2D eigenvalue weighted by Crippen LogP contribution is -2.28. The Labute approximate surface area is 124 Å². The van der Waals surface area contributed by atoms with Crippen LogP contribution in [0.5, 0.6) is 0 Å². The lowest BCUT2D eigenvalue weighted by Gasteiger charge is -2.23. The molecular weight excluding hydrogens is 244 g/mol. The van der Waals surface area contributed by atoms with Crippen molar-refractivity contribution in [2.75, 3.05) is 26.2 Å². The Bertz CT molecular complexity index is 407. The Balaban J connectivity index is 1.98. The predicted molar refractivity (Wildman–Crippen MR) is 87.2 cm³/mol. The van der Waals surface area contributed by atoms with Crippen LogP contribution in [0, 0.1) is 19.8 Å². The first-order valence-corrected chi connectivity index (χ1v) is 8.12. The molecule has 2 rings (SSSR count). The van der Waals surface area contributed by atoms with Crippen molar-refractivity contribution in [2.45, 2.75) is 46.6 Å². The Morgan fingerprint density at radius 3 is 2.50 bits per heavy atom. The molecule has 0 aliphatic carbocycles. The minimum Gasteiger partial charge on any atom is -0.310 e. The number of benzene rings is 1. The van der Waals surface area contributed by atoms with Crippen molar-refractivity contribution < 1.29 is 0 Å². The fourth-order valence-electron chi connectivity index (χ4n) is 3.39. The van der Waals surface area contributed by atoms with Gasteiger partial charge < -0.3 is 10.2 Å². The Kier molecular flexibility index (Phi) is 5.62. The highest BCUT2D eigenvalue weighted by molar-refractivity contribution is 5.30. The molecule has 0 radical (unpaired) electrons. The molecule has 1 aromatic rings. The van der Waals surface area contributed by atoms with Gasteiger partial charge in [-0.2, -0.15) is 0 Å². The molecule has 0 bridgehead atoms. The van der Waals surface area contributed by atoms with Gasteiger partial charge in [0, 0.05) is 12.6 Å². The molecular formula is C18H30N2. The minimum absolute atomic E-state index is 0.495. The van der Waals surface area contributed by atoms with E-state index in [-0.39, 0.29) is 0 Å². The first-order chi connectivity index (χ1) is 9.58. The van der Waals surface area contributed by atoms with Crippen LogP contribution in [0.15, 0.2) is 18.2 Å². The third kappa shape index (κ3) is 4.32. The summed E-state index contributed by atoms with van der Waals surface area (Å²) in [6.45, 7) is 13.8. The zero-order chi connectivity index (χ0) is 14.5. The van der Waals surface area contributed by atoms with Gasteiger partial charge in [0.2, 0.25) is 0 Å². The number of hydrogen-bond acceptors (Lipinski definition) is 2. The molecule has 1 fully saturated rings. The van der Waals surface area contributed by atoms with E-state index in [1.54, 1.807) is 0 Å². The van der Waals surface area contributed by atoms with E-state index in [9.17, 15) is 0 Å². The second-order valence-corrected chi connectivity index (χ2v) is 6.51. The van der Waals surface area contributed by atoms with Crippen molar-refractivity contribution in [1.29, 1.82) is 0 Å². The summed E-state index contributed by atoms with van der Waals surface area (Å²) in [5.41, 5.74) is 4.20. The smallest absolute Gasteiger partial charge is 0.0332 e. The molecule has 112 valence electrons. The summed E-state index contributed by atoms with van der Waals surface area (Å²) in [6.07, 6.45) is 2.58. The van der Waals surface area contributed by atoms with Crippen LogP contribution in [0.25, 0.3) is 0 Å². The van der Waals surface area contributed by atoms with Crippen molar-refractivity contribution >= 4 is 0 Å². The minimum atomic E-state index is 0.495. The summed E-state index contributed by atoms with van der Waals surface area (Å²) in [4.78, 5) is 2.62. The molecule has 0 saturated carbocycles. The maximum Gasteiger partial charge on any atom is 0.0332 e. The second kappa shape index (κ2) is 7.24. The molecule has 20 heavy (non-hydrogen) atoms. The molecule has 1 aliphatic rings. The third-order valence-corrected chi connectivity index (χ3v) is 4.34. The van der Waals surface area contributed by atoms with Gasteiger partial charge in [-0.3, -0.25) is 0 Å². The largest absolute Gasteiger partial charge is 0.310 e. The van der Waals surface area contributed by atoms with Crippen LogP contribution in [-0.4, -0.2) is 31.1 Å². The van der Waals surface area contributed by atoms with Crippen LogP contribution in [-0.2, 0) is 0 Å². The number of likely N-dealkylation sites (tertiary alicyclic amines) is 1. The van der Waals surface area contributed by atoms with Crippen LogP contribution in [0.1, 0.15) is 49.4 Å². The standard InChI is InChI=1S/C18H30N2/c1-5-19-18(7-9-20-8-6-14(2)13-20)17-11-15(3)10-16(4)12-17/h10-12,14,18-19H,5-9,13H2,1-4H3. The topological polar surface area (TPSA) is 15.3 Å². The van der Waals surface area contributed by atoms with Crippen molar-refractivity contribution in [1.82, 2.24) is 10.2 Å². The van der Waals surface area contributed by atoms with E-state index in [2.05, 4.69) is 56.1 Å². The van der Waals surface area contributed by atoms with Gasteiger partial charge in [-0.05, 0) is 57.8 Å². The van der Waals surface area contributed by atoms with Gasteiger partial charge in [0.15, 0.2) is 0 Å². The quantitative estimate of drug-likeness (QED) is 0.851. The van der Waals surface area contributed by atoms with E-state index in [1.165, 1.54) is 49.2 Å². The number of rotatable bonds is 6. The van der Waals surface area contributed by atoms with Crippen molar-refractivity contribution in [3.05, 3.63) is 34.9 Å². The first kappa shape index (κ1) is 15.5. The van der Waals surface area contributed by atoms with Gasteiger partial charge in [0.1, 0.15) is 0 Å². The molecule has 1 aromatic carbocycles. The van der Waals surface area contributed by atoms with E-state index < -0.39 is 0 Å². The highest BCUT2D eigenvalue weighted by Gasteiger charge is 2.20. The van der Waals surface area contributed by atoms with Crippen LogP contribution in [0.2, 0.25) is 0 Å². The zero-order valence-corrected chi connectivity index (χ0v) is 13.6. The van der Waals surface area contributed by atoms with Gasteiger partial charge in [0.25, 0.3) is 0 Å². The molecule has 2 atom stereocenters. The maximum atomic E-state index is 3.66. The molecule has 1 aliphatic heterocycles. The molecule has 0 amide bonds. The van der Waals surface area contributed by atoms with Crippen LogP contribution >= 0.6 is 0 Å². The Morgan fingerprint density at radius 1 is 1.25 bits per heavy atom. The van der Waals surface area contributed by atoms with Gasteiger partial charge in [0.05, 0.1) is 0 Å². The summed E-state index contributed by atoms with van der Waals surface area (Å²) in [6, 6.07) is 7.43. The summed E-state index contributed by atoms with van der Waals surface area (Å²) in [7, 11) is 0. The highest BCUT2D eigenvalue weighted by Crippen LogP contribution is 2.22. The van der Waals surface area contributed by atoms with E-state index in [1.807, 2.05) is 0 Å². The molecule has 0 spiro atoms. The molecule has 2 nitrogen and oxygen atoms in total. The van der Waals surface area contributed by atoms with Crippen LogP contribution in [0.3, 0.4) is 0 Å². The first-order valence-electron chi connectivity index (χ1n) is 8.12. The zero-order valence-electron chi connectivity index (χ0n) is 13.6. The monoisotopic (exact) mass is 274 g/mol. The molecule has 1 N–H and O–H groups in total. The SMILES string of the molecule is CCNC(CCN1CCC(C)C1)c1cc(C)cc(C)c1. The van der Waals surface area contributed by atoms with Crippen molar-refractivity contribution in [2.24, 2.45) is 5.92 Å². The second-order valence-electron chi connectivity index (χ2n) is 6.51. The highest BCUT2D eigenvalue weighted by atomic mass is 15.1. The van der Waals surface area contributed by atoms with E-state index in [0.29, 0.717) is 6.04 Å². The number of hydrogen-bond donors (Lipinski definition) is 1. The van der Waals surface area contributed by atoms with E-state index in [4.69, 9.17) is 0 Å². The van der Waals surface area contributed by atoms with Crippen LogP contribution < -0.4 is 5.32 Å². The van der Waals surface area contributed by atoms with Crippen molar-refractivity contribution in [3.63, 3.8) is 0 Å². The number of nitrogens with one attached hydrogen (secondary N) is 1. The molecule has 1 heterocycles. The van der Waals surface area contributed by atoms with Gasteiger partial charge in [-0.1, -0.05) is 43.2 Å². The Hall–Kier alpha value is -0.860. The van der Waals surface area contributed by atoms with Gasteiger partial charge in [-0.25, -0.2) is 0 Å². The summed E-state index contributed by atoms with van der Waals surface area (Å²) < 4.78 is 0. The van der Waals surface area contributed by atoms with Gasteiger partial charge in [-0.15, -0.1) is 0 Å². The average molecular weight is 274 g/mol. The lowest BCUT2D eigenvalue weighted by atomic mass is 9.99. The molecule has 2 unspecified atom stereocenters. The van der Waals surface area contributed by atoms with E-state index in [0.717, 1.165) is 12.5 Å². The average Bonchev–Trinajstić information content (AvgIpc) is 2.79. The normalized spacial score (nSPS) is 21.3. The number of aryl methyl sites for hydroxylation is 2. The van der Waals surface area contributed by atoms with Gasteiger partial charge >= 0.3 is 0 Å². The fraction of sp³-hybridized carbons (Fsp3) is 0.667. The predicted octanol–water partition coefficient (Wildman–Crippen LogP) is 3.69. The molecule has 1 saturated heterocycles. The van der Waals surface area contributed by atoms with Crippen molar-refractivity contribution in [3.8, 4) is 0 Å². The molecule has 2 heteroatoms. The molecule has 0 aromatic heterocycles. The number of nitrogens with zero attached hydrogens (tertiary/aromatic N) is 1. The fourth-order valence-corrected chi connectivity index (χ4v) is 3.39. The van der Waals surface area contributed by atoms with E-state index >= 15 is 0 Å². The lowest BCUT2D eigenvalue weighted by molar-refractivity contribution is 0.302. The van der Waals surface area contributed by atoms with Crippen LogP contribution in [0.4, 0.5) is 0 Å².